The zero-order valence-electron chi connectivity index (χ0n) is 13.7. The lowest BCUT2D eigenvalue weighted by Gasteiger charge is -2.11. The van der Waals surface area contributed by atoms with Crippen LogP contribution in [-0.4, -0.2) is 11.7 Å². The number of benzene rings is 2. The molecule has 0 bridgehead atoms. The molecule has 132 valence electrons. The molecular formula is C19H18F3NO2. The van der Waals surface area contributed by atoms with E-state index in [0.717, 1.165) is 17.7 Å². The van der Waals surface area contributed by atoms with Gasteiger partial charge >= 0.3 is 6.18 Å². The van der Waals surface area contributed by atoms with Crippen LogP contribution in [0.15, 0.2) is 48.5 Å². The van der Waals surface area contributed by atoms with Crippen molar-refractivity contribution in [3.8, 4) is 0 Å². The highest BCUT2D eigenvalue weighted by molar-refractivity contribution is 6.40. The topological polar surface area (TPSA) is 46.2 Å². The summed E-state index contributed by atoms with van der Waals surface area (Å²) in [5.41, 5.74) is 0.513. The molecule has 0 saturated heterocycles. The predicted octanol–water partition coefficient (Wildman–Crippen LogP) is 4.54. The molecule has 3 nitrogen and oxygen atoms in total. The van der Waals surface area contributed by atoms with Crippen molar-refractivity contribution in [3.63, 3.8) is 0 Å². The van der Waals surface area contributed by atoms with Gasteiger partial charge in [-0.25, -0.2) is 0 Å². The number of hydrogen-bond donors (Lipinski definition) is 1. The van der Waals surface area contributed by atoms with Gasteiger partial charge in [0.25, 0.3) is 5.91 Å². The van der Waals surface area contributed by atoms with Crippen molar-refractivity contribution in [2.24, 2.45) is 0 Å². The van der Waals surface area contributed by atoms with E-state index in [1.165, 1.54) is 13.0 Å². The summed E-state index contributed by atoms with van der Waals surface area (Å²) < 4.78 is 38.4. The first-order chi connectivity index (χ1) is 11.8. The van der Waals surface area contributed by atoms with E-state index in [9.17, 15) is 22.8 Å². The molecule has 0 aliphatic heterocycles. The zero-order chi connectivity index (χ0) is 18.4. The highest BCUT2D eigenvalue weighted by Gasteiger charge is 2.31. The minimum atomic E-state index is -4.51. The molecule has 0 unspecified atom stereocenters. The molecule has 1 amide bonds. The fourth-order valence-corrected chi connectivity index (χ4v) is 2.43. The maximum absolute atomic E-state index is 12.8. The average molecular weight is 349 g/mol. The number of carbonyl (C=O) groups excluding carboxylic acids is 2. The molecular weight excluding hydrogens is 331 g/mol. The Kier molecular flexibility index (Phi) is 5.96. The van der Waals surface area contributed by atoms with Gasteiger partial charge in [-0.15, -0.1) is 0 Å². The van der Waals surface area contributed by atoms with Gasteiger partial charge in [-0.2, -0.15) is 13.2 Å². The SMILES string of the molecule is Cc1cc(NC(=O)C(=O)CCCc2ccccc2)cc(C(F)(F)F)c1. The lowest BCUT2D eigenvalue weighted by molar-refractivity contribution is -0.137. The summed E-state index contributed by atoms with van der Waals surface area (Å²) in [4.78, 5) is 23.8. The number of aryl methyl sites for hydroxylation is 2. The quantitative estimate of drug-likeness (QED) is 0.778. The van der Waals surface area contributed by atoms with Crippen LogP contribution in [0.1, 0.15) is 29.5 Å². The molecule has 0 aliphatic carbocycles. The Morgan fingerprint density at radius 3 is 2.36 bits per heavy atom. The van der Waals surface area contributed by atoms with E-state index in [-0.39, 0.29) is 12.1 Å². The summed E-state index contributed by atoms with van der Waals surface area (Å²) in [6.45, 7) is 1.49. The van der Waals surface area contributed by atoms with E-state index in [2.05, 4.69) is 5.32 Å². The minimum Gasteiger partial charge on any atom is -0.319 e. The number of halogens is 3. The molecule has 0 aromatic heterocycles. The number of Topliss-reactive ketones (excluding diaryl/α,β-unsaturated/α-hetero) is 1. The van der Waals surface area contributed by atoms with Crippen molar-refractivity contribution >= 4 is 17.4 Å². The first-order valence-electron chi connectivity index (χ1n) is 7.83. The summed E-state index contributed by atoms with van der Waals surface area (Å²) in [7, 11) is 0. The second-order valence-electron chi connectivity index (χ2n) is 5.80. The fourth-order valence-electron chi connectivity index (χ4n) is 2.43. The number of hydrogen-bond acceptors (Lipinski definition) is 2. The number of nitrogens with one attached hydrogen (secondary N) is 1. The van der Waals surface area contributed by atoms with Crippen LogP contribution in [-0.2, 0) is 22.2 Å². The Labute approximate surface area is 143 Å². The standard InChI is InChI=1S/C19H18F3NO2/c1-13-10-15(19(20,21)22)12-16(11-13)23-18(25)17(24)9-5-8-14-6-3-2-4-7-14/h2-4,6-7,10-12H,5,8-9H2,1H3,(H,23,25). The van der Waals surface area contributed by atoms with Gasteiger partial charge in [0, 0.05) is 12.1 Å². The molecule has 2 aromatic rings. The average Bonchev–Trinajstić information content (AvgIpc) is 2.54. The fraction of sp³-hybridized carbons (Fsp3) is 0.263. The highest BCUT2D eigenvalue weighted by atomic mass is 19.4. The molecule has 0 aliphatic rings. The largest absolute Gasteiger partial charge is 0.416 e. The van der Waals surface area contributed by atoms with Gasteiger partial charge in [-0.05, 0) is 49.1 Å². The molecule has 1 N–H and O–H groups in total. The van der Waals surface area contributed by atoms with E-state index in [0.29, 0.717) is 18.4 Å². The van der Waals surface area contributed by atoms with Crippen LogP contribution in [0.25, 0.3) is 0 Å². The summed E-state index contributed by atoms with van der Waals surface area (Å²) in [6.07, 6.45) is -3.32. The lowest BCUT2D eigenvalue weighted by Crippen LogP contribution is -2.23. The van der Waals surface area contributed by atoms with Gasteiger partial charge in [0.1, 0.15) is 0 Å². The Bertz CT molecular complexity index is 755. The maximum atomic E-state index is 12.8. The van der Waals surface area contributed by atoms with Crippen molar-refractivity contribution in [1.29, 1.82) is 0 Å². The van der Waals surface area contributed by atoms with Crippen molar-refractivity contribution in [2.75, 3.05) is 5.32 Å². The van der Waals surface area contributed by atoms with Gasteiger partial charge in [0.15, 0.2) is 0 Å². The molecule has 25 heavy (non-hydrogen) atoms. The third-order valence-corrected chi connectivity index (χ3v) is 3.63. The Morgan fingerprint density at radius 1 is 1.04 bits per heavy atom. The van der Waals surface area contributed by atoms with Gasteiger partial charge in [-0.1, -0.05) is 30.3 Å². The number of anilines is 1. The summed E-state index contributed by atoms with van der Waals surface area (Å²) in [6, 6.07) is 12.7. The van der Waals surface area contributed by atoms with Crippen LogP contribution in [0.4, 0.5) is 18.9 Å². The van der Waals surface area contributed by atoms with Crippen LogP contribution in [0.3, 0.4) is 0 Å². The number of rotatable bonds is 6. The van der Waals surface area contributed by atoms with Crippen LogP contribution in [0.5, 0.6) is 0 Å². The minimum absolute atomic E-state index is 0.0336. The predicted molar refractivity (Wildman–Crippen MR) is 89.2 cm³/mol. The molecule has 0 radical (unpaired) electrons. The molecule has 0 atom stereocenters. The van der Waals surface area contributed by atoms with E-state index >= 15 is 0 Å². The van der Waals surface area contributed by atoms with Crippen LogP contribution in [0.2, 0.25) is 0 Å². The van der Waals surface area contributed by atoms with E-state index in [1.54, 1.807) is 0 Å². The number of alkyl halides is 3. The molecule has 0 heterocycles. The monoisotopic (exact) mass is 349 g/mol. The molecule has 2 aromatic carbocycles. The lowest BCUT2D eigenvalue weighted by atomic mass is 10.1. The number of amides is 1. The smallest absolute Gasteiger partial charge is 0.319 e. The van der Waals surface area contributed by atoms with Gasteiger partial charge < -0.3 is 5.32 Å². The first-order valence-corrected chi connectivity index (χ1v) is 7.83. The van der Waals surface area contributed by atoms with Gasteiger partial charge in [-0.3, -0.25) is 9.59 Å². The van der Waals surface area contributed by atoms with E-state index < -0.39 is 23.4 Å². The third-order valence-electron chi connectivity index (χ3n) is 3.63. The maximum Gasteiger partial charge on any atom is 0.416 e. The highest BCUT2D eigenvalue weighted by Crippen LogP contribution is 2.31. The zero-order valence-corrected chi connectivity index (χ0v) is 13.7. The van der Waals surface area contributed by atoms with Gasteiger partial charge in [0.2, 0.25) is 5.78 Å². The van der Waals surface area contributed by atoms with Crippen LogP contribution >= 0.6 is 0 Å². The number of carbonyl (C=O) groups is 2. The molecule has 0 spiro atoms. The first kappa shape index (κ1) is 18.7. The summed E-state index contributed by atoms with van der Waals surface area (Å²) in [5, 5.41) is 2.26. The van der Waals surface area contributed by atoms with E-state index in [1.807, 2.05) is 30.3 Å². The second-order valence-corrected chi connectivity index (χ2v) is 5.80. The third kappa shape index (κ3) is 5.74. The summed E-state index contributed by atoms with van der Waals surface area (Å²) >= 11 is 0. The van der Waals surface area contributed by atoms with Crippen LogP contribution in [0, 0.1) is 6.92 Å². The Morgan fingerprint density at radius 2 is 1.72 bits per heavy atom. The van der Waals surface area contributed by atoms with Crippen molar-refractivity contribution in [1.82, 2.24) is 0 Å². The Balaban J connectivity index is 1.92. The van der Waals surface area contributed by atoms with Crippen molar-refractivity contribution in [2.45, 2.75) is 32.4 Å². The molecule has 0 saturated carbocycles. The van der Waals surface area contributed by atoms with Crippen LogP contribution < -0.4 is 5.32 Å². The van der Waals surface area contributed by atoms with Gasteiger partial charge in [0.05, 0.1) is 5.56 Å². The van der Waals surface area contributed by atoms with Crippen molar-refractivity contribution < 1.29 is 22.8 Å². The Hall–Kier alpha value is -2.63. The normalized spacial score (nSPS) is 11.2. The second kappa shape index (κ2) is 7.96. The van der Waals surface area contributed by atoms with Crippen molar-refractivity contribution in [3.05, 3.63) is 65.2 Å². The van der Waals surface area contributed by atoms with E-state index in [4.69, 9.17) is 0 Å². The molecule has 6 heteroatoms. The number of ketones is 1. The molecule has 0 fully saturated rings. The summed E-state index contributed by atoms with van der Waals surface area (Å²) in [5.74, 6) is -1.54. The molecule has 2 rings (SSSR count).